The van der Waals surface area contributed by atoms with Gasteiger partial charge in [0, 0.05) is 12.6 Å². The number of primary amides is 1. The molecule has 1 saturated carbocycles. The average molecular weight is 226 g/mol. The van der Waals surface area contributed by atoms with E-state index in [0.717, 1.165) is 0 Å². The molecule has 16 heavy (non-hydrogen) atoms. The minimum absolute atomic E-state index is 0.217. The van der Waals surface area contributed by atoms with E-state index >= 15 is 0 Å². The van der Waals surface area contributed by atoms with Gasteiger partial charge in [-0.3, -0.25) is 4.79 Å². The van der Waals surface area contributed by atoms with Crippen molar-refractivity contribution in [3.63, 3.8) is 0 Å². The quantitative estimate of drug-likeness (QED) is 0.772. The maximum absolute atomic E-state index is 11.2. The highest BCUT2D eigenvalue weighted by Gasteiger charge is 2.25. The van der Waals surface area contributed by atoms with E-state index in [0.29, 0.717) is 12.6 Å². The average Bonchev–Trinajstić information content (AvgIpc) is 2.15. The van der Waals surface area contributed by atoms with E-state index in [1.54, 1.807) is 0 Å². The number of hydrogen-bond acceptors (Lipinski definition) is 2. The Kier molecular flexibility index (Phi) is 5.26. The molecule has 0 bridgehead atoms. The highest BCUT2D eigenvalue weighted by atomic mass is 16.1. The molecule has 1 aliphatic rings. The summed E-state index contributed by atoms with van der Waals surface area (Å²) < 4.78 is 0. The summed E-state index contributed by atoms with van der Waals surface area (Å²) in [7, 11) is 0. The highest BCUT2D eigenvalue weighted by Crippen LogP contribution is 2.19. The van der Waals surface area contributed by atoms with Gasteiger partial charge in [0.1, 0.15) is 0 Å². The molecule has 1 amide bonds. The standard InChI is InChI=1S/C13H26N2O/c1-13(2,12(14)16)10-15-11-8-6-4-3-5-7-9-11/h11,15H,3-10H2,1-2H3,(H2,14,16). The minimum Gasteiger partial charge on any atom is -0.369 e. The number of hydrogen-bond donors (Lipinski definition) is 2. The SMILES string of the molecule is CC(C)(CNC1CCCCCCC1)C(N)=O. The molecule has 0 aliphatic heterocycles. The van der Waals surface area contributed by atoms with Gasteiger partial charge in [-0.25, -0.2) is 0 Å². The fourth-order valence-electron chi connectivity index (χ4n) is 2.15. The van der Waals surface area contributed by atoms with Crippen LogP contribution < -0.4 is 11.1 Å². The maximum Gasteiger partial charge on any atom is 0.224 e. The molecule has 1 aliphatic carbocycles. The Hall–Kier alpha value is -0.570. The summed E-state index contributed by atoms with van der Waals surface area (Å²) in [5.74, 6) is -0.217. The highest BCUT2D eigenvalue weighted by molar-refractivity contribution is 5.80. The minimum atomic E-state index is -0.428. The van der Waals surface area contributed by atoms with Gasteiger partial charge in [0.15, 0.2) is 0 Å². The number of nitrogens with one attached hydrogen (secondary N) is 1. The van der Waals surface area contributed by atoms with Crippen LogP contribution in [0.2, 0.25) is 0 Å². The van der Waals surface area contributed by atoms with Crippen LogP contribution >= 0.6 is 0 Å². The molecule has 0 aromatic heterocycles. The molecule has 3 nitrogen and oxygen atoms in total. The van der Waals surface area contributed by atoms with Gasteiger partial charge in [-0.05, 0) is 26.7 Å². The van der Waals surface area contributed by atoms with Gasteiger partial charge in [0.05, 0.1) is 5.41 Å². The number of amides is 1. The molecule has 0 heterocycles. The first-order chi connectivity index (χ1) is 7.52. The van der Waals surface area contributed by atoms with E-state index < -0.39 is 5.41 Å². The Morgan fingerprint density at radius 1 is 1.19 bits per heavy atom. The van der Waals surface area contributed by atoms with Gasteiger partial charge < -0.3 is 11.1 Å². The van der Waals surface area contributed by atoms with E-state index in [2.05, 4.69) is 5.32 Å². The van der Waals surface area contributed by atoms with Crippen LogP contribution in [-0.4, -0.2) is 18.5 Å². The van der Waals surface area contributed by atoms with Crippen molar-refractivity contribution in [2.24, 2.45) is 11.1 Å². The predicted molar refractivity (Wildman–Crippen MR) is 67.1 cm³/mol. The number of rotatable bonds is 4. The molecule has 3 heteroatoms. The Morgan fingerprint density at radius 2 is 1.69 bits per heavy atom. The van der Waals surface area contributed by atoms with Crippen molar-refractivity contribution >= 4 is 5.91 Å². The first-order valence-electron chi connectivity index (χ1n) is 6.56. The Labute approximate surface area is 99.2 Å². The second kappa shape index (κ2) is 6.24. The molecule has 3 N–H and O–H groups in total. The summed E-state index contributed by atoms with van der Waals surface area (Å²) in [5.41, 5.74) is 4.93. The van der Waals surface area contributed by atoms with Gasteiger partial charge in [-0.1, -0.05) is 32.1 Å². The van der Waals surface area contributed by atoms with Crippen molar-refractivity contribution < 1.29 is 4.79 Å². The third kappa shape index (κ3) is 4.52. The normalized spacial score (nSPS) is 20.1. The second-order valence-corrected chi connectivity index (χ2v) is 5.67. The monoisotopic (exact) mass is 226 g/mol. The lowest BCUT2D eigenvalue weighted by molar-refractivity contribution is -0.125. The zero-order valence-corrected chi connectivity index (χ0v) is 10.7. The molecular formula is C13H26N2O. The summed E-state index contributed by atoms with van der Waals surface area (Å²) in [4.78, 5) is 11.2. The molecule has 0 saturated heterocycles. The van der Waals surface area contributed by atoms with Crippen molar-refractivity contribution in [1.82, 2.24) is 5.32 Å². The number of nitrogens with two attached hydrogens (primary N) is 1. The maximum atomic E-state index is 11.2. The smallest absolute Gasteiger partial charge is 0.224 e. The summed E-state index contributed by atoms with van der Waals surface area (Å²) in [5, 5.41) is 3.51. The fourth-order valence-corrected chi connectivity index (χ4v) is 2.15. The zero-order valence-electron chi connectivity index (χ0n) is 10.7. The third-order valence-corrected chi connectivity index (χ3v) is 3.60. The van der Waals surface area contributed by atoms with E-state index in [9.17, 15) is 4.79 Å². The Morgan fingerprint density at radius 3 is 2.19 bits per heavy atom. The largest absolute Gasteiger partial charge is 0.369 e. The summed E-state index contributed by atoms with van der Waals surface area (Å²) in [6, 6.07) is 0.582. The van der Waals surface area contributed by atoms with E-state index in [-0.39, 0.29) is 5.91 Å². The van der Waals surface area contributed by atoms with Gasteiger partial charge in [-0.15, -0.1) is 0 Å². The molecule has 0 spiro atoms. The lowest BCUT2D eigenvalue weighted by Crippen LogP contribution is -2.44. The van der Waals surface area contributed by atoms with Crippen LogP contribution in [0, 0.1) is 5.41 Å². The third-order valence-electron chi connectivity index (χ3n) is 3.60. The van der Waals surface area contributed by atoms with Crippen LogP contribution in [0.15, 0.2) is 0 Å². The predicted octanol–water partition coefficient (Wildman–Crippen LogP) is 2.20. The first kappa shape index (κ1) is 13.5. The van der Waals surface area contributed by atoms with Crippen molar-refractivity contribution in [2.75, 3.05) is 6.54 Å². The van der Waals surface area contributed by atoms with Crippen LogP contribution in [0.1, 0.15) is 58.8 Å². The Bertz CT molecular complexity index is 218. The van der Waals surface area contributed by atoms with Crippen molar-refractivity contribution in [1.29, 1.82) is 0 Å². The van der Waals surface area contributed by atoms with E-state index in [4.69, 9.17) is 5.73 Å². The van der Waals surface area contributed by atoms with Crippen molar-refractivity contribution in [3.8, 4) is 0 Å². The summed E-state index contributed by atoms with van der Waals surface area (Å²) >= 11 is 0. The number of carbonyl (C=O) groups excluding carboxylic acids is 1. The molecule has 0 radical (unpaired) electrons. The zero-order chi connectivity index (χ0) is 12.0. The second-order valence-electron chi connectivity index (χ2n) is 5.67. The van der Waals surface area contributed by atoms with Gasteiger partial charge in [0.2, 0.25) is 5.91 Å². The van der Waals surface area contributed by atoms with Crippen LogP contribution in [0.4, 0.5) is 0 Å². The fraction of sp³-hybridized carbons (Fsp3) is 0.923. The molecule has 0 atom stereocenters. The molecule has 94 valence electrons. The number of carbonyl (C=O) groups is 1. The molecule has 0 unspecified atom stereocenters. The Balaban J connectivity index is 2.32. The van der Waals surface area contributed by atoms with Crippen molar-refractivity contribution in [3.05, 3.63) is 0 Å². The van der Waals surface area contributed by atoms with E-state index in [1.165, 1.54) is 44.9 Å². The van der Waals surface area contributed by atoms with E-state index in [1.807, 2.05) is 13.8 Å². The molecule has 1 rings (SSSR count). The van der Waals surface area contributed by atoms with Gasteiger partial charge >= 0.3 is 0 Å². The van der Waals surface area contributed by atoms with Crippen LogP contribution in [0.3, 0.4) is 0 Å². The molecule has 1 fully saturated rings. The summed E-state index contributed by atoms with van der Waals surface area (Å²) in [6.07, 6.45) is 9.22. The molecule has 0 aromatic rings. The van der Waals surface area contributed by atoms with Crippen LogP contribution in [0.25, 0.3) is 0 Å². The van der Waals surface area contributed by atoms with Crippen LogP contribution in [-0.2, 0) is 4.79 Å². The molecule has 0 aromatic carbocycles. The summed E-state index contributed by atoms with van der Waals surface area (Å²) in [6.45, 7) is 4.52. The first-order valence-corrected chi connectivity index (χ1v) is 6.56. The van der Waals surface area contributed by atoms with Gasteiger partial charge in [0.25, 0.3) is 0 Å². The topological polar surface area (TPSA) is 55.1 Å². The lowest BCUT2D eigenvalue weighted by atomic mass is 9.91. The van der Waals surface area contributed by atoms with Crippen LogP contribution in [0.5, 0.6) is 0 Å². The lowest BCUT2D eigenvalue weighted by Gasteiger charge is -2.27. The van der Waals surface area contributed by atoms with Gasteiger partial charge in [-0.2, -0.15) is 0 Å². The van der Waals surface area contributed by atoms with Crippen molar-refractivity contribution in [2.45, 2.75) is 64.8 Å². The molecular weight excluding hydrogens is 200 g/mol.